The van der Waals surface area contributed by atoms with Crippen LogP contribution in [-0.2, 0) is 0 Å². The molecule has 2 aromatic heterocycles. The molecular weight excluding hydrogens is 316 g/mol. The average Bonchev–Trinajstić information content (AvgIpc) is 2.91. The number of nitrogen functional groups attached to an aromatic ring is 1. The predicted octanol–water partition coefficient (Wildman–Crippen LogP) is 3.59. The quantitative estimate of drug-likeness (QED) is 0.782. The third kappa shape index (κ3) is 2.32. The van der Waals surface area contributed by atoms with Crippen LogP contribution in [0.2, 0.25) is 0 Å². The second-order valence-corrected chi connectivity index (χ2v) is 5.47. The molecule has 0 aliphatic rings. The summed E-state index contributed by atoms with van der Waals surface area (Å²) in [6, 6.07) is 9.92. The standard InChI is InChI=1S/C15H13BrN4/c1-10-2-4-12(16)6-13(10)20-9-18-8-14(20)11-3-5-15(17)19-7-11/h2-9H,1H3,(H2,17,19). The van der Waals surface area contributed by atoms with Crippen molar-refractivity contribution < 1.29 is 0 Å². The van der Waals surface area contributed by atoms with Crippen molar-refractivity contribution in [1.82, 2.24) is 14.5 Å². The number of anilines is 1. The number of imidazole rings is 1. The molecule has 0 fully saturated rings. The molecular formula is C15H13BrN4. The summed E-state index contributed by atoms with van der Waals surface area (Å²) in [7, 11) is 0. The first kappa shape index (κ1) is 12.9. The Morgan fingerprint density at radius 2 is 2.00 bits per heavy atom. The zero-order chi connectivity index (χ0) is 14.1. The molecule has 0 unspecified atom stereocenters. The molecule has 2 N–H and O–H groups in total. The van der Waals surface area contributed by atoms with Gasteiger partial charge in [0, 0.05) is 16.2 Å². The zero-order valence-electron chi connectivity index (χ0n) is 10.9. The number of nitrogens with two attached hydrogens (primary N) is 1. The number of aromatic nitrogens is 3. The molecule has 100 valence electrons. The molecule has 3 aromatic rings. The van der Waals surface area contributed by atoms with E-state index < -0.39 is 0 Å². The summed E-state index contributed by atoms with van der Waals surface area (Å²) in [4.78, 5) is 8.39. The van der Waals surface area contributed by atoms with Crippen LogP contribution in [0.4, 0.5) is 5.82 Å². The van der Waals surface area contributed by atoms with Crippen LogP contribution in [0.25, 0.3) is 16.9 Å². The summed E-state index contributed by atoms with van der Waals surface area (Å²) in [5.41, 5.74) is 9.86. The first-order valence-electron chi connectivity index (χ1n) is 6.16. The van der Waals surface area contributed by atoms with Crippen LogP contribution in [0.5, 0.6) is 0 Å². The largest absolute Gasteiger partial charge is 0.384 e. The molecule has 4 nitrogen and oxygen atoms in total. The second kappa shape index (κ2) is 5.09. The van der Waals surface area contributed by atoms with Crippen LogP contribution < -0.4 is 5.73 Å². The SMILES string of the molecule is Cc1ccc(Br)cc1-n1cncc1-c1ccc(N)nc1. The molecule has 0 atom stereocenters. The van der Waals surface area contributed by atoms with Crippen molar-refractivity contribution in [2.24, 2.45) is 0 Å². The van der Waals surface area contributed by atoms with Gasteiger partial charge in [-0.05, 0) is 36.8 Å². The number of benzene rings is 1. The molecule has 0 amide bonds. The lowest BCUT2D eigenvalue weighted by molar-refractivity contribution is 1.04. The van der Waals surface area contributed by atoms with E-state index in [1.54, 1.807) is 18.6 Å². The minimum Gasteiger partial charge on any atom is -0.384 e. The third-order valence-electron chi connectivity index (χ3n) is 3.15. The van der Waals surface area contributed by atoms with E-state index in [9.17, 15) is 0 Å². The first-order valence-corrected chi connectivity index (χ1v) is 6.95. The Bertz CT molecular complexity index is 747. The summed E-state index contributed by atoms with van der Waals surface area (Å²) < 4.78 is 3.08. The molecule has 2 heterocycles. The minimum absolute atomic E-state index is 0.512. The topological polar surface area (TPSA) is 56.7 Å². The monoisotopic (exact) mass is 328 g/mol. The van der Waals surface area contributed by atoms with E-state index in [2.05, 4.69) is 45.0 Å². The molecule has 5 heteroatoms. The fourth-order valence-corrected chi connectivity index (χ4v) is 2.45. The van der Waals surface area contributed by atoms with Crippen LogP contribution in [-0.4, -0.2) is 14.5 Å². The van der Waals surface area contributed by atoms with Crippen molar-refractivity contribution in [2.45, 2.75) is 6.92 Å². The Hall–Kier alpha value is -2.14. The molecule has 0 spiro atoms. The Morgan fingerprint density at radius 1 is 1.15 bits per heavy atom. The Kier molecular flexibility index (Phi) is 3.28. The number of rotatable bonds is 2. The van der Waals surface area contributed by atoms with E-state index >= 15 is 0 Å². The van der Waals surface area contributed by atoms with Gasteiger partial charge in [0.1, 0.15) is 5.82 Å². The van der Waals surface area contributed by atoms with E-state index in [0.29, 0.717) is 5.82 Å². The summed E-state index contributed by atoms with van der Waals surface area (Å²) in [6.45, 7) is 2.08. The van der Waals surface area contributed by atoms with Gasteiger partial charge < -0.3 is 5.73 Å². The average molecular weight is 329 g/mol. The van der Waals surface area contributed by atoms with Gasteiger partial charge >= 0.3 is 0 Å². The van der Waals surface area contributed by atoms with Gasteiger partial charge in [-0.1, -0.05) is 22.0 Å². The molecule has 0 aliphatic heterocycles. The fraction of sp³-hybridized carbons (Fsp3) is 0.0667. The Labute approximate surface area is 125 Å². The van der Waals surface area contributed by atoms with Gasteiger partial charge in [0.15, 0.2) is 0 Å². The normalized spacial score (nSPS) is 10.7. The maximum Gasteiger partial charge on any atom is 0.123 e. The van der Waals surface area contributed by atoms with Crippen molar-refractivity contribution in [3.8, 4) is 16.9 Å². The number of nitrogens with zero attached hydrogens (tertiary/aromatic N) is 3. The van der Waals surface area contributed by atoms with Gasteiger partial charge in [0.05, 0.1) is 23.9 Å². The van der Waals surface area contributed by atoms with Gasteiger partial charge in [-0.2, -0.15) is 0 Å². The summed E-state index contributed by atoms with van der Waals surface area (Å²) in [6.07, 6.45) is 5.39. The lowest BCUT2D eigenvalue weighted by Gasteiger charge is -2.11. The van der Waals surface area contributed by atoms with Crippen molar-refractivity contribution in [1.29, 1.82) is 0 Å². The van der Waals surface area contributed by atoms with Gasteiger partial charge in [-0.15, -0.1) is 0 Å². The highest BCUT2D eigenvalue weighted by atomic mass is 79.9. The molecule has 20 heavy (non-hydrogen) atoms. The Balaban J connectivity index is 2.15. The van der Waals surface area contributed by atoms with Gasteiger partial charge in [-0.25, -0.2) is 9.97 Å². The van der Waals surface area contributed by atoms with Gasteiger partial charge in [0.25, 0.3) is 0 Å². The summed E-state index contributed by atoms with van der Waals surface area (Å²) in [5, 5.41) is 0. The lowest BCUT2D eigenvalue weighted by atomic mass is 10.1. The predicted molar refractivity (Wildman–Crippen MR) is 83.6 cm³/mol. The molecule has 0 bridgehead atoms. The van der Waals surface area contributed by atoms with Crippen molar-refractivity contribution in [3.05, 3.63) is 59.1 Å². The highest BCUT2D eigenvalue weighted by Gasteiger charge is 2.09. The molecule has 1 aromatic carbocycles. The van der Waals surface area contributed by atoms with Crippen LogP contribution in [0, 0.1) is 6.92 Å². The highest BCUT2D eigenvalue weighted by Crippen LogP contribution is 2.26. The van der Waals surface area contributed by atoms with E-state index in [0.717, 1.165) is 21.4 Å². The summed E-state index contributed by atoms with van der Waals surface area (Å²) in [5.74, 6) is 0.512. The van der Waals surface area contributed by atoms with Crippen LogP contribution >= 0.6 is 15.9 Å². The van der Waals surface area contributed by atoms with E-state index in [1.165, 1.54) is 5.56 Å². The lowest BCUT2D eigenvalue weighted by Crippen LogP contribution is -1.98. The highest BCUT2D eigenvalue weighted by molar-refractivity contribution is 9.10. The van der Waals surface area contributed by atoms with Crippen molar-refractivity contribution in [3.63, 3.8) is 0 Å². The van der Waals surface area contributed by atoms with Crippen molar-refractivity contribution >= 4 is 21.7 Å². The maximum absolute atomic E-state index is 5.63. The smallest absolute Gasteiger partial charge is 0.123 e. The maximum atomic E-state index is 5.63. The van der Waals surface area contributed by atoms with Crippen molar-refractivity contribution in [2.75, 3.05) is 5.73 Å². The minimum atomic E-state index is 0.512. The number of hydrogen-bond acceptors (Lipinski definition) is 3. The second-order valence-electron chi connectivity index (χ2n) is 4.55. The molecule has 0 radical (unpaired) electrons. The third-order valence-corrected chi connectivity index (χ3v) is 3.64. The van der Waals surface area contributed by atoms with E-state index in [1.807, 2.05) is 22.9 Å². The Morgan fingerprint density at radius 3 is 2.75 bits per heavy atom. The first-order chi connectivity index (χ1) is 9.65. The zero-order valence-corrected chi connectivity index (χ0v) is 12.5. The number of aryl methyl sites for hydroxylation is 1. The molecule has 3 rings (SSSR count). The number of hydrogen-bond donors (Lipinski definition) is 1. The van der Waals surface area contributed by atoms with E-state index in [4.69, 9.17) is 5.73 Å². The number of halogens is 1. The van der Waals surface area contributed by atoms with Gasteiger partial charge in [0.2, 0.25) is 0 Å². The summed E-state index contributed by atoms with van der Waals surface area (Å²) >= 11 is 3.51. The van der Waals surface area contributed by atoms with Gasteiger partial charge in [-0.3, -0.25) is 4.57 Å². The van der Waals surface area contributed by atoms with Crippen LogP contribution in [0.1, 0.15) is 5.56 Å². The van der Waals surface area contributed by atoms with E-state index in [-0.39, 0.29) is 0 Å². The molecule has 0 saturated carbocycles. The van der Waals surface area contributed by atoms with Crippen LogP contribution in [0.3, 0.4) is 0 Å². The fourth-order valence-electron chi connectivity index (χ4n) is 2.10. The molecule has 0 saturated heterocycles. The molecule has 0 aliphatic carbocycles. The number of pyridine rings is 1. The van der Waals surface area contributed by atoms with Crippen LogP contribution in [0.15, 0.2) is 53.5 Å².